The normalized spacial score (nSPS) is 15.9. The average molecular weight is 549 g/mol. The van der Waals surface area contributed by atoms with Gasteiger partial charge in [-0.15, -0.1) is 34.2 Å². The summed E-state index contributed by atoms with van der Waals surface area (Å²) in [6.45, 7) is 3.99. The van der Waals surface area contributed by atoms with Gasteiger partial charge in [-0.1, -0.05) is 31.5 Å². The van der Waals surface area contributed by atoms with Gasteiger partial charge in [0.05, 0.1) is 0 Å². The number of halogens is 1. The largest absolute Gasteiger partial charge is 0.356 e. The highest BCUT2D eigenvalue weighted by Gasteiger charge is 2.23. The van der Waals surface area contributed by atoms with Gasteiger partial charge >= 0.3 is 0 Å². The van der Waals surface area contributed by atoms with Gasteiger partial charge in [0, 0.05) is 32.6 Å². The van der Waals surface area contributed by atoms with Crippen LogP contribution < -0.4 is 10.6 Å². The third kappa shape index (κ3) is 6.85. The molecule has 0 spiro atoms. The standard InChI is InChI=1S/C20H32N6S2.HI/c1-15(16-10-12-28-14-16)13-23-19(21-2)22-11-6-9-18-24-25-20(27-3)26(18)17-7-4-5-8-17;/h10,12,14-15,17H,4-9,11,13H2,1-3H3,(H2,21,22,23);1H. The Balaban J connectivity index is 0.00000300. The maximum Gasteiger partial charge on any atom is 0.191 e. The van der Waals surface area contributed by atoms with Crippen molar-refractivity contribution in [2.75, 3.05) is 26.4 Å². The Morgan fingerprint density at radius 2 is 2.14 bits per heavy atom. The molecular formula is C20H33IN6S2. The molecule has 162 valence electrons. The van der Waals surface area contributed by atoms with E-state index in [4.69, 9.17) is 0 Å². The molecule has 0 amide bonds. The minimum absolute atomic E-state index is 0. The van der Waals surface area contributed by atoms with Crippen molar-refractivity contribution in [1.82, 2.24) is 25.4 Å². The van der Waals surface area contributed by atoms with Crippen LogP contribution in [0.25, 0.3) is 0 Å². The Morgan fingerprint density at radius 1 is 1.34 bits per heavy atom. The van der Waals surface area contributed by atoms with Crippen molar-refractivity contribution < 1.29 is 0 Å². The second kappa shape index (κ2) is 12.8. The molecule has 0 radical (unpaired) electrons. The monoisotopic (exact) mass is 548 g/mol. The number of rotatable bonds is 9. The molecule has 29 heavy (non-hydrogen) atoms. The van der Waals surface area contributed by atoms with Gasteiger partial charge in [-0.3, -0.25) is 4.99 Å². The van der Waals surface area contributed by atoms with E-state index >= 15 is 0 Å². The summed E-state index contributed by atoms with van der Waals surface area (Å²) in [7, 11) is 1.83. The summed E-state index contributed by atoms with van der Waals surface area (Å²) in [5.41, 5.74) is 1.38. The number of thiophene rings is 1. The Morgan fingerprint density at radius 3 is 2.79 bits per heavy atom. The van der Waals surface area contributed by atoms with E-state index in [1.165, 1.54) is 31.2 Å². The fourth-order valence-corrected chi connectivity index (χ4v) is 5.10. The van der Waals surface area contributed by atoms with E-state index in [-0.39, 0.29) is 24.0 Å². The molecule has 2 aromatic heterocycles. The van der Waals surface area contributed by atoms with E-state index in [0.29, 0.717) is 12.0 Å². The fourth-order valence-electron chi connectivity index (χ4n) is 3.74. The number of aryl methyl sites for hydroxylation is 1. The highest BCUT2D eigenvalue weighted by Crippen LogP contribution is 2.33. The lowest BCUT2D eigenvalue weighted by Crippen LogP contribution is -2.39. The summed E-state index contributed by atoms with van der Waals surface area (Å²) in [5.74, 6) is 2.47. The number of thioether (sulfide) groups is 1. The first-order chi connectivity index (χ1) is 13.7. The summed E-state index contributed by atoms with van der Waals surface area (Å²) in [5, 5.41) is 21.1. The molecule has 2 N–H and O–H groups in total. The van der Waals surface area contributed by atoms with E-state index < -0.39 is 0 Å². The third-order valence-electron chi connectivity index (χ3n) is 5.39. The van der Waals surface area contributed by atoms with Crippen LogP contribution in [0.3, 0.4) is 0 Å². The Bertz CT molecular complexity index is 740. The van der Waals surface area contributed by atoms with Crippen LogP contribution in [0.1, 0.15) is 62.4 Å². The number of aliphatic imine (C=N–C) groups is 1. The Kier molecular flexibility index (Phi) is 10.8. The lowest BCUT2D eigenvalue weighted by atomic mass is 10.1. The van der Waals surface area contributed by atoms with Crippen LogP contribution >= 0.6 is 47.1 Å². The number of hydrogen-bond acceptors (Lipinski definition) is 5. The van der Waals surface area contributed by atoms with Gasteiger partial charge in [-0.25, -0.2) is 0 Å². The molecule has 6 nitrogen and oxygen atoms in total. The molecule has 0 aliphatic heterocycles. The SMILES string of the molecule is CN=C(NCCCc1nnc(SC)n1C1CCCC1)NCC(C)c1ccsc1.I. The quantitative estimate of drug-likeness (QED) is 0.156. The first-order valence-corrected chi connectivity index (χ1v) is 12.3. The minimum Gasteiger partial charge on any atom is -0.356 e. The van der Waals surface area contributed by atoms with Crippen LogP contribution in [0.5, 0.6) is 0 Å². The van der Waals surface area contributed by atoms with E-state index in [9.17, 15) is 0 Å². The van der Waals surface area contributed by atoms with Crippen molar-refractivity contribution in [1.29, 1.82) is 0 Å². The maximum atomic E-state index is 4.48. The predicted molar refractivity (Wildman–Crippen MR) is 135 cm³/mol. The molecule has 1 saturated carbocycles. The summed E-state index contributed by atoms with van der Waals surface area (Å²) in [6, 6.07) is 2.78. The smallest absolute Gasteiger partial charge is 0.191 e. The summed E-state index contributed by atoms with van der Waals surface area (Å²) < 4.78 is 2.40. The zero-order valence-electron chi connectivity index (χ0n) is 17.6. The Labute approximate surface area is 199 Å². The van der Waals surface area contributed by atoms with E-state index in [1.807, 2.05) is 7.05 Å². The van der Waals surface area contributed by atoms with Crippen molar-refractivity contribution in [2.24, 2.45) is 4.99 Å². The number of nitrogens with zero attached hydrogens (tertiary/aromatic N) is 4. The molecule has 1 fully saturated rings. The molecule has 1 aliphatic rings. The highest BCUT2D eigenvalue weighted by atomic mass is 127. The number of guanidine groups is 1. The van der Waals surface area contributed by atoms with E-state index in [0.717, 1.165) is 42.9 Å². The molecule has 3 rings (SSSR count). The number of nitrogens with one attached hydrogen (secondary N) is 2. The number of aromatic nitrogens is 3. The van der Waals surface area contributed by atoms with Crippen LogP contribution in [0.2, 0.25) is 0 Å². The first kappa shape index (κ1) is 24.5. The lowest BCUT2D eigenvalue weighted by molar-refractivity contribution is 0.460. The molecule has 0 saturated heterocycles. The average Bonchev–Trinajstić information content (AvgIpc) is 3.48. The predicted octanol–water partition coefficient (Wildman–Crippen LogP) is 4.70. The van der Waals surface area contributed by atoms with Gasteiger partial charge in [0.2, 0.25) is 0 Å². The van der Waals surface area contributed by atoms with Gasteiger partial charge in [0.25, 0.3) is 0 Å². The van der Waals surface area contributed by atoms with Crippen LogP contribution in [-0.2, 0) is 6.42 Å². The van der Waals surface area contributed by atoms with Crippen molar-refractivity contribution in [3.63, 3.8) is 0 Å². The van der Waals surface area contributed by atoms with Gasteiger partial charge in [-0.2, -0.15) is 11.3 Å². The molecule has 1 atom stereocenters. The van der Waals surface area contributed by atoms with Gasteiger partial charge in [0.1, 0.15) is 5.82 Å². The van der Waals surface area contributed by atoms with Gasteiger partial charge < -0.3 is 15.2 Å². The molecule has 1 unspecified atom stereocenters. The minimum atomic E-state index is 0. The molecule has 9 heteroatoms. The third-order valence-corrected chi connectivity index (χ3v) is 6.73. The van der Waals surface area contributed by atoms with Crippen molar-refractivity contribution in [3.05, 3.63) is 28.2 Å². The maximum absolute atomic E-state index is 4.48. The van der Waals surface area contributed by atoms with Crippen LogP contribution in [0.15, 0.2) is 27.0 Å². The summed E-state index contributed by atoms with van der Waals surface area (Å²) in [4.78, 5) is 4.34. The fraction of sp³-hybridized carbons (Fsp3) is 0.650. The zero-order valence-corrected chi connectivity index (χ0v) is 21.5. The molecule has 0 aromatic carbocycles. The van der Waals surface area contributed by atoms with E-state index in [1.54, 1.807) is 23.1 Å². The second-order valence-electron chi connectivity index (χ2n) is 7.35. The van der Waals surface area contributed by atoms with Gasteiger partial charge in [-0.05, 0) is 53.8 Å². The van der Waals surface area contributed by atoms with Crippen LogP contribution in [-0.4, -0.2) is 47.1 Å². The molecular weight excluding hydrogens is 515 g/mol. The first-order valence-electron chi connectivity index (χ1n) is 10.2. The Hall–Kier alpha value is -0.810. The second-order valence-corrected chi connectivity index (χ2v) is 8.91. The topological polar surface area (TPSA) is 67.1 Å². The van der Waals surface area contributed by atoms with Crippen LogP contribution in [0.4, 0.5) is 0 Å². The van der Waals surface area contributed by atoms with Gasteiger partial charge in [0.15, 0.2) is 11.1 Å². The highest BCUT2D eigenvalue weighted by molar-refractivity contribution is 14.0. The van der Waals surface area contributed by atoms with Crippen molar-refractivity contribution in [2.45, 2.75) is 62.6 Å². The molecule has 2 heterocycles. The molecule has 0 bridgehead atoms. The molecule has 1 aliphatic carbocycles. The van der Waals surface area contributed by atoms with E-state index in [2.05, 4.69) is 60.4 Å². The number of hydrogen-bond donors (Lipinski definition) is 2. The summed E-state index contributed by atoms with van der Waals surface area (Å²) in [6.07, 6.45) is 9.21. The lowest BCUT2D eigenvalue weighted by Gasteiger charge is -2.17. The summed E-state index contributed by atoms with van der Waals surface area (Å²) >= 11 is 3.45. The zero-order chi connectivity index (χ0) is 19.8. The van der Waals surface area contributed by atoms with Crippen LogP contribution in [0, 0.1) is 0 Å². The van der Waals surface area contributed by atoms with Crippen molar-refractivity contribution >= 4 is 53.0 Å². The van der Waals surface area contributed by atoms with Crippen molar-refractivity contribution in [3.8, 4) is 0 Å². The molecule has 2 aromatic rings.